The summed E-state index contributed by atoms with van der Waals surface area (Å²) in [6.07, 6.45) is 6.41. The summed E-state index contributed by atoms with van der Waals surface area (Å²) in [6.45, 7) is 4.47. The van der Waals surface area contributed by atoms with Gasteiger partial charge in [-0.25, -0.2) is 0 Å². The average Bonchev–Trinajstić information content (AvgIpc) is 2.59. The van der Waals surface area contributed by atoms with E-state index in [4.69, 9.17) is 5.73 Å². The predicted octanol–water partition coefficient (Wildman–Crippen LogP) is 2.30. The molecule has 1 saturated carbocycles. The Kier molecular flexibility index (Phi) is 2.35. The summed E-state index contributed by atoms with van der Waals surface area (Å²) in [4.78, 5) is 0. The molecule has 1 fully saturated rings. The van der Waals surface area contributed by atoms with Crippen LogP contribution in [-0.2, 0) is 0 Å². The summed E-state index contributed by atoms with van der Waals surface area (Å²) >= 11 is 0. The zero-order valence-electron chi connectivity index (χ0n) is 7.19. The molecule has 1 rings (SSSR count). The monoisotopic (exact) mass is 141 g/mol. The van der Waals surface area contributed by atoms with Gasteiger partial charge in [-0.05, 0) is 18.8 Å². The van der Waals surface area contributed by atoms with Crippen molar-refractivity contribution >= 4 is 0 Å². The van der Waals surface area contributed by atoms with Crippen LogP contribution in [0.4, 0.5) is 0 Å². The van der Waals surface area contributed by atoms with Gasteiger partial charge in [0.15, 0.2) is 0 Å². The summed E-state index contributed by atoms with van der Waals surface area (Å²) < 4.78 is 0. The summed E-state index contributed by atoms with van der Waals surface area (Å²) in [6, 6.07) is 0. The minimum Gasteiger partial charge on any atom is -0.325 e. The van der Waals surface area contributed by atoms with Crippen molar-refractivity contribution in [3.63, 3.8) is 0 Å². The van der Waals surface area contributed by atoms with Crippen molar-refractivity contribution < 1.29 is 0 Å². The largest absolute Gasteiger partial charge is 0.325 e. The number of unbranched alkanes of at least 4 members (excludes halogenated alkanes) is 1. The second-order valence-electron chi connectivity index (χ2n) is 3.65. The first kappa shape index (κ1) is 8.06. The van der Waals surface area contributed by atoms with E-state index in [-0.39, 0.29) is 5.54 Å². The van der Waals surface area contributed by atoms with Crippen molar-refractivity contribution in [2.75, 3.05) is 0 Å². The van der Waals surface area contributed by atoms with Crippen LogP contribution >= 0.6 is 0 Å². The first-order chi connectivity index (χ1) is 4.73. The minimum absolute atomic E-state index is 0.269. The fourth-order valence-electron chi connectivity index (χ4n) is 1.76. The molecule has 0 aromatic heterocycles. The van der Waals surface area contributed by atoms with Crippen molar-refractivity contribution in [3.05, 3.63) is 0 Å². The molecule has 0 aromatic rings. The molecule has 2 atom stereocenters. The molecule has 0 bridgehead atoms. The molecule has 1 aliphatic carbocycles. The Balaban J connectivity index is 2.16. The lowest BCUT2D eigenvalue weighted by atomic mass is 10.1. The summed E-state index contributed by atoms with van der Waals surface area (Å²) in [5.74, 6) is 0.846. The Morgan fingerprint density at radius 3 is 2.60 bits per heavy atom. The van der Waals surface area contributed by atoms with Gasteiger partial charge in [0, 0.05) is 5.54 Å². The van der Waals surface area contributed by atoms with Crippen molar-refractivity contribution in [3.8, 4) is 0 Å². The van der Waals surface area contributed by atoms with Gasteiger partial charge >= 0.3 is 0 Å². The number of hydrogen-bond acceptors (Lipinski definition) is 1. The highest BCUT2D eigenvalue weighted by atomic mass is 14.8. The maximum absolute atomic E-state index is 6.09. The van der Waals surface area contributed by atoms with E-state index in [1.165, 1.54) is 32.1 Å². The number of nitrogens with two attached hydrogens (primary N) is 1. The first-order valence-corrected chi connectivity index (χ1v) is 4.52. The molecule has 1 aliphatic rings. The maximum Gasteiger partial charge on any atom is 0.0186 e. The SMILES string of the molecule is CCCCC1(N)CC1CC. The molecular formula is C9H19N. The van der Waals surface area contributed by atoms with Gasteiger partial charge in [-0.15, -0.1) is 0 Å². The molecule has 0 spiro atoms. The Labute approximate surface area is 64.0 Å². The van der Waals surface area contributed by atoms with Crippen LogP contribution < -0.4 is 5.73 Å². The molecule has 10 heavy (non-hydrogen) atoms. The third-order valence-corrected chi connectivity index (χ3v) is 2.77. The van der Waals surface area contributed by atoms with Crippen LogP contribution in [0.2, 0.25) is 0 Å². The van der Waals surface area contributed by atoms with Crippen molar-refractivity contribution in [1.82, 2.24) is 0 Å². The molecule has 2 unspecified atom stereocenters. The van der Waals surface area contributed by atoms with Gasteiger partial charge < -0.3 is 5.73 Å². The lowest BCUT2D eigenvalue weighted by molar-refractivity contribution is 0.514. The molecule has 1 heteroatoms. The molecule has 60 valence electrons. The quantitative estimate of drug-likeness (QED) is 0.638. The Hall–Kier alpha value is -0.0400. The van der Waals surface area contributed by atoms with Crippen molar-refractivity contribution in [2.24, 2.45) is 11.7 Å². The number of hydrogen-bond donors (Lipinski definition) is 1. The van der Waals surface area contributed by atoms with E-state index in [0.717, 1.165) is 5.92 Å². The second kappa shape index (κ2) is 2.91. The minimum atomic E-state index is 0.269. The molecule has 0 heterocycles. The van der Waals surface area contributed by atoms with Crippen LogP contribution in [0.1, 0.15) is 46.0 Å². The van der Waals surface area contributed by atoms with Gasteiger partial charge in [0.25, 0.3) is 0 Å². The zero-order chi connectivity index (χ0) is 7.61. The van der Waals surface area contributed by atoms with Crippen LogP contribution in [0, 0.1) is 5.92 Å². The zero-order valence-corrected chi connectivity index (χ0v) is 7.19. The summed E-state index contributed by atoms with van der Waals surface area (Å²) in [7, 11) is 0. The smallest absolute Gasteiger partial charge is 0.0186 e. The van der Waals surface area contributed by atoms with Crippen LogP contribution in [-0.4, -0.2) is 5.54 Å². The lowest BCUT2D eigenvalue weighted by Gasteiger charge is -2.08. The summed E-state index contributed by atoms with van der Waals surface area (Å²) in [5, 5.41) is 0. The van der Waals surface area contributed by atoms with Gasteiger partial charge in [0.1, 0.15) is 0 Å². The fraction of sp³-hybridized carbons (Fsp3) is 1.00. The molecule has 0 saturated heterocycles. The Bertz CT molecular complexity index is 111. The maximum atomic E-state index is 6.09. The highest BCUT2D eigenvalue weighted by Crippen LogP contribution is 2.46. The molecule has 0 aliphatic heterocycles. The van der Waals surface area contributed by atoms with Crippen molar-refractivity contribution in [1.29, 1.82) is 0 Å². The normalized spacial score (nSPS) is 38.1. The predicted molar refractivity (Wildman–Crippen MR) is 44.8 cm³/mol. The molecule has 0 amide bonds. The average molecular weight is 141 g/mol. The van der Waals surface area contributed by atoms with Gasteiger partial charge in [-0.2, -0.15) is 0 Å². The Morgan fingerprint density at radius 1 is 1.50 bits per heavy atom. The lowest BCUT2D eigenvalue weighted by Crippen LogP contribution is -2.24. The topological polar surface area (TPSA) is 26.0 Å². The van der Waals surface area contributed by atoms with Crippen LogP contribution in [0.5, 0.6) is 0 Å². The van der Waals surface area contributed by atoms with Gasteiger partial charge in [-0.1, -0.05) is 33.1 Å². The summed E-state index contributed by atoms with van der Waals surface area (Å²) in [5.41, 5.74) is 6.36. The highest BCUT2D eigenvalue weighted by Gasteiger charge is 2.48. The highest BCUT2D eigenvalue weighted by molar-refractivity contribution is 5.06. The third-order valence-electron chi connectivity index (χ3n) is 2.77. The van der Waals surface area contributed by atoms with E-state index < -0.39 is 0 Å². The molecule has 0 radical (unpaired) electrons. The molecule has 1 nitrogen and oxygen atoms in total. The third kappa shape index (κ3) is 1.51. The van der Waals surface area contributed by atoms with Gasteiger partial charge in [-0.3, -0.25) is 0 Å². The van der Waals surface area contributed by atoms with Crippen LogP contribution in [0.3, 0.4) is 0 Å². The number of rotatable bonds is 4. The van der Waals surface area contributed by atoms with E-state index in [9.17, 15) is 0 Å². The van der Waals surface area contributed by atoms with Crippen LogP contribution in [0.15, 0.2) is 0 Å². The molecule has 0 aromatic carbocycles. The van der Waals surface area contributed by atoms with Gasteiger partial charge in [0.2, 0.25) is 0 Å². The second-order valence-corrected chi connectivity index (χ2v) is 3.65. The van der Waals surface area contributed by atoms with Crippen LogP contribution in [0.25, 0.3) is 0 Å². The molecular weight excluding hydrogens is 122 g/mol. The van der Waals surface area contributed by atoms with E-state index >= 15 is 0 Å². The Morgan fingerprint density at radius 2 is 2.20 bits per heavy atom. The molecule has 2 N–H and O–H groups in total. The van der Waals surface area contributed by atoms with E-state index in [1.54, 1.807) is 0 Å². The van der Waals surface area contributed by atoms with Gasteiger partial charge in [0.05, 0.1) is 0 Å². The van der Waals surface area contributed by atoms with E-state index in [0.29, 0.717) is 0 Å². The first-order valence-electron chi connectivity index (χ1n) is 4.52. The van der Waals surface area contributed by atoms with E-state index in [2.05, 4.69) is 13.8 Å². The van der Waals surface area contributed by atoms with Crippen molar-refractivity contribution in [2.45, 2.75) is 51.5 Å². The standard InChI is InChI=1S/C9H19N/c1-3-5-6-9(10)7-8(9)4-2/h8H,3-7,10H2,1-2H3. The fourth-order valence-corrected chi connectivity index (χ4v) is 1.76. The van der Waals surface area contributed by atoms with E-state index in [1.807, 2.05) is 0 Å².